The Kier molecular flexibility index (Phi) is 6.42. The predicted octanol–water partition coefficient (Wildman–Crippen LogP) is 3.44. The van der Waals surface area contributed by atoms with E-state index in [1.807, 2.05) is 0 Å². The molecule has 1 N–H and O–H groups in total. The van der Waals surface area contributed by atoms with E-state index in [9.17, 15) is 26.4 Å². The van der Waals surface area contributed by atoms with Gasteiger partial charge in [-0.05, 0) is 30.2 Å². The lowest BCUT2D eigenvalue weighted by Gasteiger charge is -2.09. The first-order valence-electron chi connectivity index (χ1n) is 7.87. The van der Waals surface area contributed by atoms with Crippen LogP contribution in [0.25, 0.3) is 0 Å². The molecule has 0 aromatic heterocycles. The van der Waals surface area contributed by atoms with Crippen molar-refractivity contribution < 1.29 is 26.4 Å². The Morgan fingerprint density at radius 2 is 1.69 bits per heavy atom. The Morgan fingerprint density at radius 1 is 1.00 bits per heavy atom. The number of hydrogen-bond donors (Lipinski definition) is 1. The van der Waals surface area contributed by atoms with Gasteiger partial charge in [0.15, 0.2) is 9.84 Å². The minimum atomic E-state index is -4.53. The van der Waals surface area contributed by atoms with Gasteiger partial charge in [0.25, 0.3) is 5.91 Å². The molecular weight excluding hydrogens is 367 g/mol. The highest BCUT2D eigenvalue weighted by Crippen LogP contribution is 2.29. The summed E-state index contributed by atoms with van der Waals surface area (Å²) in [4.78, 5) is 11.9. The fourth-order valence-corrected chi connectivity index (χ4v) is 3.76. The van der Waals surface area contributed by atoms with Gasteiger partial charge < -0.3 is 5.32 Å². The second-order valence-corrected chi connectivity index (χ2v) is 7.95. The topological polar surface area (TPSA) is 63.2 Å². The van der Waals surface area contributed by atoms with Crippen molar-refractivity contribution in [3.8, 4) is 0 Å². The lowest BCUT2D eigenvalue weighted by molar-refractivity contribution is -0.137. The zero-order valence-electron chi connectivity index (χ0n) is 13.8. The van der Waals surface area contributed by atoms with Crippen LogP contribution in [0.4, 0.5) is 13.2 Å². The fourth-order valence-electron chi connectivity index (χ4n) is 2.33. The highest BCUT2D eigenvalue weighted by atomic mass is 32.2. The van der Waals surface area contributed by atoms with Gasteiger partial charge in [0, 0.05) is 12.1 Å². The molecule has 0 aliphatic carbocycles. The van der Waals surface area contributed by atoms with Crippen molar-refractivity contribution >= 4 is 15.7 Å². The van der Waals surface area contributed by atoms with Crippen LogP contribution < -0.4 is 5.32 Å². The number of carbonyl (C=O) groups is 1. The van der Waals surface area contributed by atoms with Crippen molar-refractivity contribution in [2.45, 2.75) is 18.3 Å². The molecule has 0 saturated heterocycles. The summed E-state index contributed by atoms with van der Waals surface area (Å²) >= 11 is 0. The maximum atomic E-state index is 12.6. The molecule has 0 bridgehead atoms. The number of alkyl halides is 3. The van der Waals surface area contributed by atoms with Gasteiger partial charge in [0.1, 0.15) is 0 Å². The summed E-state index contributed by atoms with van der Waals surface area (Å²) in [5, 5.41) is 2.44. The summed E-state index contributed by atoms with van der Waals surface area (Å²) in [6.07, 6.45) is -4.35. The standard InChI is InChI=1S/C18H18F3NO3S/c19-18(20,21)16-9-4-8-15(12-16)17(23)22-10-5-11-26(24,25)13-14-6-2-1-3-7-14/h1-4,6-9,12H,5,10-11,13H2,(H,22,23). The lowest BCUT2D eigenvalue weighted by Crippen LogP contribution is -2.26. The molecule has 0 saturated carbocycles. The number of halogens is 3. The van der Waals surface area contributed by atoms with Crippen LogP contribution in [0.2, 0.25) is 0 Å². The maximum Gasteiger partial charge on any atom is 0.416 e. The molecule has 4 nitrogen and oxygen atoms in total. The summed E-state index contributed by atoms with van der Waals surface area (Å²) < 4.78 is 62.0. The van der Waals surface area contributed by atoms with E-state index < -0.39 is 27.5 Å². The third kappa shape index (κ3) is 6.18. The van der Waals surface area contributed by atoms with Crippen LogP contribution in [0.5, 0.6) is 0 Å². The molecule has 0 aliphatic rings. The minimum absolute atomic E-state index is 0.0586. The molecule has 8 heteroatoms. The molecule has 0 spiro atoms. The van der Waals surface area contributed by atoms with Crippen LogP contribution in [0.3, 0.4) is 0 Å². The van der Waals surface area contributed by atoms with Crippen molar-refractivity contribution in [1.29, 1.82) is 0 Å². The van der Waals surface area contributed by atoms with Crippen molar-refractivity contribution in [1.82, 2.24) is 5.32 Å². The van der Waals surface area contributed by atoms with Gasteiger partial charge in [-0.25, -0.2) is 8.42 Å². The van der Waals surface area contributed by atoms with E-state index in [1.54, 1.807) is 30.3 Å². The number of nitrogens with one attached hydrogen (secondary N) is 1. The second kappa shape index (κ2) is 8.35. The predicted molar refractivity (Wildman–Crippen MR) is 92.3 cm³/mol. The lowest BCUT2D eigenvalue weighted by atomic mass is 10.1. The van der Waals surface area contributed by atoms with Crippen LogP contribution in [0.1, 0.15) is 27.9 Å². The van der Waals surface area contributed by atoms with E-state index in [-0.39, 0.29) is 30.0 Å². The maximum absolute atomic E-state index is 12.6. The summed E-state index contributed by atoms with van der Waals surface area (Å²) in [7, 11) is -3.32. The number of carbonyl (C=O) groups excluding carboxylic acids is 1. The molecule has 0 heterocycles. The van der Waals surface area contributed by atoms with Crippen molar-refractivity contribution in [3.63, 3.8) is 0 Å². The molecule has 0 atom stereocenters. The van der Waals surface area contributed by atoms with Gasteiger partial charge in [-0.2, -0.15) is 13.2 Å². The molecule has 0 aliphatic heterocycles. The number of rotatable bonds is 7. The van der Waals surface area contributed by atoms with Gasteiger partial charge in [0.05, 0.1) is 17.1 Å². The Balaban J connectivity index is 1.83. The van der Waals surface area contributed by atoms with Gasteiger partial charge in [-0.1, -0.05) is 36.4 Å². The molecule has 140 valence electrons. The van der Waals surface area contributed by atoms with Crippen molar-refractivity contribution in [3.05, 3.63) is 71.3 Å². The molecule has 1 amide bonds. The summed E-state index contributed by atoms with van der Waals surface area (Å²) in [5.41, 5.74) is -0.344. The normalized spacial score (nSPS) is 12.0. The average molecular weight is 385 g/mol. The number of benzene rings is 2. The third-order valence-electron chi connectivity index (χ3n) is 3.60. The Bertz CT molecular complexity index is 849. The Morgan fingerprint density at radius 3 is 2.35 bits per heavy atom. The van der Waals surface area contributed by atoms with E-state index in [0.717, 1.165) is 18.2 Å². The van der Waals surface area contributed by atoms with E-state index in [4.69, 9.17) is 0 Å². The monoisotopic (exact) mass is 385 g/mol. The first-order valence-corrected chi connectivity index (χ1v) is 9.69. The van der Waals surface area contributed by atoms with E-state index in [1.165, 1.54) is 6.07 Å². The van der Waals surface area contributed by atoms with Crippen LogP contribution in [0.15, 0.2) is 54.6 Å². The largest absolute Gasteiger partial charge is 0.416 e. The van der Waals surface area contributed by atoms with Gasteiger partial charge >= 0.3 is 6.18 Å². The zero-order valence-corrected chi connectivity index (χ0v) is 14.6. The second-order valence-electron chi connectivity index (χ2n) is 5.77. The number of hydrogen-bond acceptors (Lipinski definition) is 3. The van der Waals surface area contributed by atoms with Gasteiger partial charge in [0.2, 0.25) is 0 Å². The molecule has 0 unspecified atom stereocenters. The summed E-state index contributed by atoms with van der Waals surface area (Å²) in [6.45, 7) is 0.0586. The molecular formula is C18H18F3NO3S. The van der Waals surface area contributed by atoms with E-state index in [2.05, 4.69) is 5.32 Å². The highest BCUT2D eigenvalue weighted by Gasteiger charge is 2.30. The Labute approximate surface area is 150 Å². The summed E-state index contributed by atoms with van der Waals surface area (Å²) in [6, 6.07) is 12.8. The third-order valence-corrected chi connectivity index (χ3v) is 5.28. The van der Waals surface area contributed by atoms with Crippen LogP contribution in [-0.4, -0.2) is 26.6 Å². The quantitative estimate of drug-likeness (QED) is 0.743. The number of amides is 1. The SMILES string of the molecule is O=C(NCCCS(=O)(=O)Cc1ccccc1)c1cccc(C(F)(F)F)c1. The molecule has 0 fully saturated rings. The Hall–Kier alpha value is -2.35. The van der Waals surface area contributed by atoms with Gasteiger partial charge in [-0.15, -0.1) is 0 Å². The molecule has 2 rings (SSSR count). The first kappa shape index (κ1) is 20.0. The molecule has 2 aromatic carbocycles. The fraction of sp³-hybridized carbons (Fsp3) is 0.278. The minimum Gasteiger partial charge on any atom is -0.352 e. The zero-order chi connectivity index (χ0) is 19.2. The molecule has 0 radical (unpaired) electrons. The van der Waals surface area contributed by atoms with Crippen LogP contribution >= 0.6 is 0 Å². The summed E-state index contributed by atoms with van der Waals surface area (Å²) in [5.74, 6) is -0.878. The van der Waals surface area contributed by atoms with Gasteiger partial charge in [-0.3, -0.25) is 4.79 Å². The first-order chi connectivity index (χ1) is 12.2. The molecule has 26 heavy (non-hydrogen) atoms. The highest BCUT2D eigenvalue weighted by molar-refractivity contribution is 7.90. The molecule has 2 aromatic rings. The van der Waals surface area contributed by atoms with E-state index in [0.29, 0.717) is 5.56 Å². The van der Waals surface area contributed by atoms with Crippen LogP contribution in [-0.2, 0) is 21.8 Å². The van der Waals surface area contributed by atoms with E-state index >= 15 is 0 Å². The average Bonchev–Trinajstić information content (AvgIpc) is 2.58. The van der Waals surface area contributed by atoms with Crippen LogP contribution in [0, 0.1) is 0 Å². The number of sulfone groups is 1. The smallest absolute Gasteiger partial charge is 0.352 e. The van der Waals surface area contributed by atoms with Crippen molar-refractivity contribution in [2.24, 2.45) is 0 Å². The van der Waals surface area contributed by atoms with Crippen molar-refractivity contribution in [2.75, 3.05) is 12.3 Å².